The summed E-state index contributed by atoms with van der Waals surface area (Å²) in [5.41, 5.74) is 0. The Kier molecular flexibility index (Phi) is 4.23. The summed E-state index contributed by atoms with van der Waals surface area (Å²) in [6.07, 6.45) is -0.152. The van der Waals surface area contributed by atoms with E-state index in [1.807, 2.05) is 0 Å². The molecule has 8 atom stereocenters. The highest BCUT2D eigenvalue weighted by atomic mass is 32.2. The lowest BCUT2D eigenvalue weighted by Crippen LogP contribution is -2.56. The molecule has 4 bridgehead atoms. The standard InChI is InChI=1S/C18H21F4NO6S/c19-17(20,18(21,22)30(27,28)29-23-13(25)1-2-14(23)26)11-5-7-3-9(11)15-8-4-10(16(7)15)12(24)6-8/h7-12,15-16,24H,1-6H2. The summed E-state index contributed by atoms with van der Waals surface area (Å²) in [5.74, 6) is -10.3. The molecule has 2 amide bonds. The SMILES string of the molecule is O=C1CCC(=O)N1OS(=O)(=O)C(F)(F)C(F)(F)C1CC2CC1C1C3CC(O)C(C3)C21. The lowest BCUT2D eigenvalue weighted by atomic mass is 9.65. The smallest absolute Gasteiger partial charge is 0.393 e. The fourth-order valence-corrected chi connectivity index (χ4v) is 8.09. The third kappa shape index (κ3) is 2.46. The van der Waals surface area contributed by atoms with Crippen molar-refractivity contribution in [2.75, 3.05) is 0 Å². The molecule has 1 saturated heterocycles. The summed E-state index contributed by atoms with van der Waals surface area (Å²) in [4.78, 5) is 23.0. The van der Waals surface area contributed by atoms with Crippen LogP contribution in [0, 0.1) is 41.4 Å². The van der Waals surface area contributed by atoms with Crippen LogP contribution in [0.3, 0.4) is 0 Å². The monoisotopic (exact) mass is 455 g/mol. The van der Waals surface area contributed by atoms with Crippen LogP contribution in [0.2, 0.25) is 0 Å². The van der Waals surface area contributed by atoms with E-state index < -0.39 is 63.9 Å². The number of aliphatic hydroxyl groups excluding tert-OH is 1. The zero-order valence-corrected chi connectivity index (χ0v) is 16.5. The van der Waals surface area contributed by atoms with Crippen molar-refractivity contribution in [3.8, 4) is 0 Å². The summed E-state index contributed by atoms with van der Waals surface area (Å²) in [6.45, 7) is 0. The normalized spacial score (nSPS) is 43.2. The number of hydrogen-bond acceptors (Lipinski definition) is 6. The maximum atomic E-state index is 15.1. The van der Waals surface area contributed by atoms with E-state index in [0.29, 0.717) is 19.3 Å². The second kappa shape index (κ2) is 6.16. The van der Waals surface area contributed by atoms with Gasteiger partial charge in [0.2, 0.25) is 0 Å². The van der Waals surface area contributed by atoms with E-state index in [1.54, 1.807) is 0 Å². The van der Waals surface area contributed by atoms with Gasteiger partial charge in [0.25, 0.3) is 11.8 Å². The molecule has 4 aliphatic carbocycles. The number of carbonyl (C=O) groups is 2. The number of fused-ring (bicyclic) bond motifs is 9. The van der Waals surface area contributed by atoms with Gasteiger partial charge in [0.1, 0.15) is 0 Å². The van der Waals surface area contributed by atoms with Gasteiger partial charge < -0.3 is 5.11 Å². The second-order valence-electron chi connectivity index (χ2n) is 9.37. The lowest BCUT2D eigenvalue weighted by Gasteiger charge is -2.43. The topological polar surface area (TPSA) is 101 Å². The van der Waals surface area contributed by atoms with Crippen LogP contribution in [-0.4, -0.2) is 47.7 Å². The Morgan fingerprint density at radius 3 is 2.07 bits per heavy atom. The average molecular weight is 455 g/mol. The van der Waals surface area contributed by atoms with E-state index in [0.717, 1.165) is 0 Å². The van der Waals surface area contributed by atoms with E-state index in [9.17, 15) is 31.9 Å². The summed E-state index contributed by atoms with van der Waals surface area (Å²) in [7, 11) is -6.30. The largest absolute Gasteiger partial charge is 0.433 e. The molecule has 168 valence electrons. The summed E-state index contributed by atoms with van der Waals surface area (Å²) < 4.78 is 87.6. The molecule has 5 aliphatic rings. The average Bonchev–Trinajstić information content (AvgIpc) is 3.44. The highest BCUT2D eigenvalue weighted by Crippen LogP contribution is 2.71. The number of aliphatic hydroxyl groups is 1. The first kappa shape index (κ1) is 20.6. The number of alkyl halides is 4. The predicted octanol–water partition coefficient (Wildman–Crippen LogP) is 1.91. The van der Waals surface area contributed by atoms with Gasteiger partial charge in [0.05, 0.1) is 6.10 Å². The number of carbonyl (C=O) groups excluding carboxylic acids is 2. The van der Waals surface area contributed by atoms with Crippen molar-refractivity contribution in [1.82, 2.24) is 5.06 Å². The summed E-state index contributed by atoms with van der Waals surface area (Å²) in [6, 6.07) is 0. The van der Waals surface area contributed by atoms with E-state index in [4.69, 9.17) is 0 Å². The molecule has 12 heteroatoms. The van der Waals surface area contributed by atoms with Gasteiger partial charge in [-0.15, -0.1) is 9.35 Å². The van der Waals surface area contributed by atoms with Crippen LogP contribution < -0.4 is 0 Å². The highest BCUT2D eigenvalue weighted by Gasteiger charge is 2.76. The van der Waals surface area contributed by atoms with Gasteiger partial charge >= 0.3 is 21.3 Å². The Labute approximate surface area is 169 Å². The number of imide groups is 1. The van der Waals surface area contributed by atoms with Gasteiger partial charge in [-0.05, 0) is 61.2 Å². The molecular formula is C18H21F4NO6S. The van der Waals surface area contributed by atoms with Crippen LogP contribution in [0.4, 0.5) is 17.6 Å². The number of nitrogens with zero attached hydrogens (tertiary/aromatic N) is 1. The van der Waals surface area contributed by atoms with E-state index in [1.165, 1.54) is 0 Å². The van der Waals surface area contributed by atoms with Gasteiger partial charge in [-0.25, -0.2) is 0 Å². The molecule has 1 N–H and O–H groups in total. The van der Waals surface area contributed by atoms with Crippen molar-refractivity contribution in [1.29, 1.82) is 0 Å². The maximum Gasteiger partial charge on any atom is 0.433 e. The Bertz CT molecular complexity index is 894. The third-order valence-electron chi connectivity index (χ3n) is 8.13. The van der Waals surface area contributed by atoms with Crippen molar-refractivity contribution < 1.29 is 45.0 Å². The minimum absolute atomic E-state index is 0.00402. The molecule has 0 radical (unpaired) electrons. The molecule has 0 aromatic carbocycles. The quantitative estimate of drug-likeness (QED) is 0.386. The van der Waals surface area contributed by atoms with Gasteiger partial charge in [0.15, 0.2) is 0 Å². The van der Waals surface area contributed by atoms with Gasteiger partial charge in [0, 0.05) is 18.8 Å². The molecule has 5 rings (SSSR count). The molecule has 1 heterocycles. The number of halogens is 4. The van der Waals surface area contributed by atoms with E-state index in [2.05, 4.69) is 4.28 Å². The Balaban J connectivity index is 1.40. The number of hydrogen-bond donors (Lipinski definition) is 1. The molecule has 0 spiro atoms. The van der Waals surface area contributed by atoms with Crippen molar-refractivity contribution in [2.45, 2.75) is 55.8 Å². The number of amides is 2. The molecule has 4 saturated carbocycles. The fourth-order valence-electron chi connectivity index (χ4n) is 7.15. The molecule has 30 heavy (non-hydrogen) atoms. The summed E-state index contributed by atoms with van der Waals surface area (Å²) >= 11 is 0. The van der Waals surface area contributed by atoms with Crippen LogP contribution in [0.25, 0.3) is 0 Å². The van der Waals surface area contributed by atoms with Crippen LogP contribution in [0.15, 0.2) is 0 Å². The van der Waals surface area contributed by atoms with Gasteiger partial charge in [-0.2, -0.15) is 26.0 Å². The molecule has 8 unspecified atom stereocenters. The van der Waals surface area contributed by atoms with Gasteiger partial charge in [-0.3, -0.25) is 9.59 Å². The maximum absolute atomic E-state index is 15.1. The van der Waals surface area contributed by atoms with Crippen LogP contribution in [0.1, 0.15) is 38.5 Å². The Hall–Kier alpha value is -1.27. The molecule has 0 aromatic rings. The van der Waals surface area contributed by atoms with Crippen molar-refractivity contribution in [3.63, 3.8) is 0 Å². The molecule has 1 aliphatic heterocycles. The highest BCUT2D eigenvalue weighted by molar-refractivity contribution is 7.87. The Morgan fingerprint density at radius 2 is 1.43 bits per heavy atom. The Morgan fingerprint density at radius 1 is 0.900 bits per heavy atom. The van der Waals surface area contributed by atoms with Crippen LogP contribution >= 0.6 is 0 Å². The third-order valence-corrected chi connectivity index (χ3v) is 9.38. The first-order valence-electron chi connectivity index (χ1n) is 10.1. The van der Waals surface area contributed by atoms with Crippen LogP contribution in [0.5, 0.6) is 0 Å². The molecule has 7 nitrogen and oxygen atoms in total. The fraction of sp³-hybridized carbons (Fsp3) is 0.889. The first-order valence-corrected chi connectivity index (χ1v) is 11.5. The minimum Gasteiger partial charge on any atom is -0.393 e. The number of hydroxylamine groups is 2. The van der Waals surface area contributed by atoms with E-state index in [-0.39, 0.29) is 41.1 Å². The first-order chi connectivity index (χ1) is 13.9. The second-order valence-corrected chi connectivity index (χ2v) is 10.9. The van der Waals surface area contributed by atoms with Crippen molar-refractivity contribution in [3.05, 3.63) is 0 Å². The minimum atomic E-state index is -6.30. The predicted molar refractivity (Wildman–Crippen MR) is 89.9 cm³/mol. The number of rotatable bonds is 5. The summed E-state index contributed by atoms with van der Waals surface area (Å²) in [5, 5.41) is 4.14. The van der Waals surface area contributed by atoms with Crippen molar-refractivity contribution >= 4 is 21.9 Å². The zero-order chi connectivity index (χ0) is 21.8. The molecule has 5 fully saturated rings. The van der Waals surface area contributed by atoms with Crippen LogP contribution in [-0.2, 0) is 24.0 Å². The van der Waals surface area contributed by atoms with Gasteiger partial charge in [-0.1, -0.05) is 0 Å². The van der Waals surface area contributed by atoms with Crippen molar-refractivity contribution in [2.24, 2.45) is 41.4 Å². The zero-order valence-electron chi connectivity index (χ0n) is 15.7. The molecule has 0 aromatic heterocycles. The van der Waals surface area contributed by atoms with E-state index >= 15 is 8.78 Å². The molecular weight excluding hydrogens is 434 g/mol. The lowest BCUT2D eigenvalue weighted by molar-refractivity contribution is -0.216.